The van der Waals surface area contributed by atoms with Gasteiger partial charge in [0.15, 0.2) is 0 Å². The van der Waals surface area contributed by atoms with Crippen molar-refractivity contribution >= 4 is 37.1 Å². The van der Waals surface area contributed by atoms with Crippen molar-refractivity contribution in [1.29, 1.82) is 0 Å². The summed E-state index contributed by atoms with van der Waals surface area (Å²) in [4.78, 5) is 4.18. The fourth-order valence-corrected chi connectivity index (χ4v) is 3.36. The third kappa shape index (κ3) is 2.09. The molecule has 7 heteroatoms. The molecule has 1 aliphatic heterocycles. The number of benzene rings is 1. The van der Waals surface area contributed by atoms with Crippen LogP contribution in [-0.4, -0.2) is 21.2 Å². The normalized spacial score (nSPS) is 14.3. The molecule has 0 saturated heterocycles. The Bertz CT molecular complexity index is 382. The van der Waals surface area contributed by atoms with Gasteiger partial charge in [-0.3, -0.25) is 0 Å². The van der Waals surface area contributed by atoms with Crippen LogP contribution in [0, 0.1) is 0 Å². The first kappa shape index (κ1) is 11.5. The molecule has 0 aromatic heterocycles. The van der Waals surface area contributed by atoms with Crippen molar-refractivity contribution in [3.05, 3.63) is 24.3 Å². The SMILES string of the molecule is CN1B([N]=[Ti]([Cl])[Cl])N(C)c2ccccc21. The van der Waals surface area contributed by atoms with Gasteiger partial charge < -0.3 is 0 Å². The zero-order chi connectivity index (χ0) is 11.0. The molecule has 0 spiro atoms. The van der Waals surface area contributed by atoms with Crippen molar-refractivity contribution in [2.24, 2.45) is 3.33 Å². The van der Waals surface area contributed by atoms with Gasteiger partial charge in [0.1, 0.15) is 0 Å². The Hall–Kier alpha value is -0.0208. The molecular formula is C8H10BCl2N3Ti. The quantitative estimate of drug-likeness (QED) is 0.735. The van der Waals surface area contributed by atoms with E-state index in [0.717, 1.165) is 0 Å². The summed E-state index contributed by atoms with van der Waals surface area (Å²) < 4.78 is 4.40. The molecule has 1 heterocycles. The molecule has 0 amide bonds. The van der Waals surface area contributed by atoms with Crippen molar-refractivity contribution in [3.8, 4) is 0 Å². The molecule has 0 fully saturated rings. The van der Waals surface area contributed by atoms with Crippen molar-refractivity contribution in [3.63, 3.8) is 0 Å². The minimum atomic E-state index is -2.19. The van der Waals surface area contributed by atoms with E-state index in [-0.39, 0.29) is 7.12 Å². The molecule has 78 valence electrons. The van der Waals surface area contributed by atoms with Gasteiger partial charge in [-0.15, -0.1) is 0 Å². The summed E-state index contributed by atoms with van der Waals surface area (Å²) in [6.07, 6.45) is 0. The van der Waals surface area contributed by atoms with Gasteiger partial charge in [0.25, 0.3) is 0 Å². The van der Waals surface area contributed by atoms with E-state index >= 15 is 0 Å². The Morgan fingerprint density at radius 1 is 1.13 bits per heavy atom. The Morgan fingerprint density at radius 2 is 1.60 bits per heavy atom. The van der Waals surface area contributed by atoms with Crippen LogP contribution in [0.5, 0.6) is 0 Å². The zero-order valence-corrected chi connectivity index (χ0v) is 11.6. The molecule has 1 aliphatic rings. The van der Waals surface area contributed by atoms with Crippen LogP contribution in [0.15, 0.2) is 27.6 Å². The van der Waals surface area contributed by atoms with E-state index in [1.807, 2.05) is 26.2 Å². The fourth-order valence-electron chi connectivity index (χ4n) is 1.83. The summed E-state index contributed by atoms with van der Waals surface area (Å²) in [6.45, 7) is 0. The predicted octanol–water partition coefficient (Wildman–Crippen LogP) is 2.67. The van der Waals surface area contributed by atoms with Crippen molar-refractivity contribution in [2.45, 2.75) is 0 Å². The molecule has 0 saturated carbocycles. The van der Waals surface area contributed by atoms with E-state index in [1.54, 1.807) is 0 Å². The van der Waals surface area contributed by atoms with Gasteiger partial charge in [0, 0.05) is 0 Å². The summed E-state index contributed by atoms with van der Waals surface area (Å²) in [5, 5.41) is 0. The van der Waals surface area contributed by atoms with E-state index in [1.165, 1.54) is 11.4 Å². The number of nitrogens with zero attached hydrogens (tertiary/aromatic N) is 3. The molecule has 0 atom stereocenters. The first-order chi connectivity index (χ1) is 7.11. The van der Waals surface area contributed by atoms with E-state index < -0.39 is 15.6 Å². The molecule has 15 heavy (non-hydrogen) atoms. The van der Waals surface area contributed by atoms with Gasteiger partial charge in [-0.2, -0.15) is 0 Å². The number of hydrogen-bond acceptors (Lipinski definition) is 3. The molecule has 2 rings (SSSR count). The van der Waals surface area contributed by atoms with Gasteiger partial charge in [0.2, 0.25) is 0 Å². The Morgan fingerprint density at radius 3 is 2.00 bits per heavy atom. The predicted molar refractivity (Wildman–Crippen MR) is 63.1 cm³/mol. The second-order valence-electron chi connectivity index (χ2n) is 3.43. The summed E-state index contributed by atoms with van der Waals surface area (Å²) >= 11 is -2.19. The molecule has 1 aromatic carbocycles. The number of fused-ring (bicyclic) bond motifs is 1. The van der Waals surface area contributed by atoms with Gasteiger partial charge in [-0.25, -0.2) is 0 Å². The maximum absolute atomic E-state index is 5.84. The zero-order valence-electron chi connectivity index (χ0n) is 8.48. The summed E-state index contributed by atoms with van der Waals surface area (Å²) in [5.41, 5.74) is 2.34. The number of hydrogen-bond donors (Lipinski definition) is 0. The van der Waals surface area contributed by atoms with E-state index in [0.29, 0.717) is 0 Å². The third-order valence-corrected chi connectivity index (χ3v) is 4.02. The molecule has 0 N–H and O–H groups in total. The van der Waals surface area contributed by atoms with Gasteiger partial charge in [0.05, 0.1) is 0 Å². The van der Waals surface area contributed by atoms with Crippen LogP contribution in [-0.2, 0) is 15.6 Å². The van der Waals surface area contributed by atoms with Crippen LogP contribution in [0.25, 0.3) is 0 Å². The van der Waals surface area contributed by atoms with E-state index in [2.05, 4.69) is 25.1 Å². The third-order valence-electron chi connectivity index (χ3n) is 2.55. The summed E-state index contributed by atoms with van der Waals surface area (Å²) in [5.74, 6) is 0. The Labute approximate surface area is 104 Å². The van der Waals surface area contributed by atoms with Crippen LogP contribution in [0.2, 0.25) is 0 Å². The average Bonchev–Trinajstić information content (AvgIpc) is 2.44. The van der Waals surface area contributed by atoms with Gasteiger partial charge in [-0.1, -0.05) is 0 Å². The standard InChI is InChI=1S/C8H10BN3.2ClH.Ti/c1-11-7-5-3-4-6-8(7)12(2)9(11)10;;;/h3-6H,1-2H3;2*1H;/q;;;+2/p-2. The Balaban J connectivity index is 2.41. The second-order valence-corrected chi connectivity index (χ2v) is 8.33. The molecule has 0 aliphatic carbocycles. The number of halogens is 2. The van der Waals surface area contributed by atoms with Crippen LogP contribution in [0.3, 0.4) is 0 Å². The van der Waals surface area contributed by atoms with Crippen LogP contribution in [0.1, 0.15) is 0 Å². The number of para-hydroxylation sites is 2. The van der Waals surface area contributed by atoms with Crippen LogP contribution < -0.4 is 9.62 Å². The van der Waals surface area contributed by atoms with Gasteiger partial charge in [-0.05, 0) is 0 Å². The Kier molecular flexibility index (Phi) is 3.41. The second kappa shape index (κ2) is 4.46. The van der Waals surface area contributed by atoms with E-state index in [9.17, 15) is 0 Å². The average molecular weight is 278 g/mol. The molecule has 0 bridgehead atoms. The maximum atomic E-state index is 5.84. The number of anilines is 2. The van der Waals surface area contributed by atoms with Crippen molar-refractivity contribution in [2.75, 3.05) is 23.7 Å². The fraction of sp³-hybridized carbons (Fsp3) is 0.250. The summed E-state index contributed by atoms with van der Waals surface area (Å²) in [6, 6.07) is 8.18. The number of rotatable bonds is 1. The molecule has 0 unspecified atom stereocenters. The van der Waals surface area contributed by atoms with Crippen LogP contribution in [0.4, 0.5) is 11.4 Å². The van der Waals surface area contributed by atoms with Gasteiger partial charge >= 0.3 is 104 Å². The first-order valence-corrected chi connectivity index (χ1v) is 9.54. The molecule has 3 nitrogen and oxygen atoms in total. The summed E-state index contributed by atoms with van der Waals surface area (Å²) in [7, 11) is 15.6. The minimum absolute atomic E-state index is 0.0487. The van der Waals surface area contributed by atoms with Crippen molar-refractivity contribution in [1.82, 2.24) is 0 Å². The molecule has 0 radical (unpaired) electrons. The monoisotopic (exact) mass is 277 g/mol. The topological polar surface area (TPSA) is 18.8 Å². The first-order valence-electron chi connectivity index (χ1n) is 4.55. The van der Waals surface area contributed by atoms with Crippen LogP contribution >= 0.6 is 18.6 Å². The van der Waals surface area contributed by atoms with Crippen molar-refractivity contribution < 1.29 is 15.6 Å². The van der Waals surface area contributed by atoms with E-state index in [4.69, 9.17) is 18.6 Å². The molecule has 1 aromatic rings. The molecular weight excluding hydrogens is 268 g/mol.